The molecule has 1 saturated heterocycles. The topological polar surface area (TPSA) is 63.5 Å². The number of aromatic nitrogens is 3. The zero-order valence-corrected chi connectivity index (χ0v) is 19.2. The lowest BCUT2D eigenvalue weighted by atomic mass is 10.1. The number of carbonyl (C=O) groups is 1. The van der Waals surface area contributed by atoms with E-state index < -0.39 is 0 Å². The van der Waals surface area contributed by atoms with Gasteiger partial charge in [0.25, 0.3) is 0 Å². The van der Waals surface area contributed by atoms with Gasteiger partial charge >= 0.3 is 0 Å². The Morgan fingerprint density at radius 3 is 2.32 bits per heavy atom. The summed E-state index contributed by atoms with van der Waals surface area (Å²) in [5.74, 6) is 2.57. The van der Waals surface area contributed by atoms with Gasteiger partial charge in [-0.05, 0) is 48.5 Å². The van der Waals surface area contributed by atoms with Crippen molar-refractivity contribution in [1.29, 1.82) is 0 Å². The van der Waals surface area contributed by atoms with E-state index in [0.29, 0.717) is 13.1 Å². The molecule has 0 atom stereocenters. The fourth-order valence-electron chi connectivity index (χ4n) is 4.23. The van der Waals surface area contributed by atoms with Crippen LogP contribution in [0.5, 0.6) is 5.75 Å². The van der Waals surface area contributed by atoms with E-state index in [-0.39, 0.29) is 12.3 Å². The fraction of sp³-hybridized carbons (Fsp3) is 0.222. The second-order valence-corrected chi connectivity index (χ2v) is 8.21. The van der Waals surface area contributed by atoms with Crippen LogP contribution in [-0.4, -0.2) is 58.6 Å². The van der Waals surface area contributed by atoms with E-state index in [9.17, 15) is 4.79 Å². The molecule has 4 aromatic rings. The molecule has 2 aromatic carbocycles. The standard InChI is InChI=1S/C27H27N5O2/c1-34-23-12-10-21(11-13-23)24-20-32(22-7-3-2-4-8-22)26(29-24)19-27(33)31-17-15-30(16-18-31)25-9-5-6-14-28-25/h2-14,20H,15-19H2,1H3. The number of anilines is 1. The number of methoxy groups -OCH3 is 1. The van der Waals surface area contributed by atoms with Crippen molar-refractivity contribution in [3.8, 4) is 22.7 Å². The highest BCUT2D eigenvalue weighted by atomic mass is 16.5. The molecule has 5 rings (SSSR count). The number of ether oxygens (including phenoxy) is 1. The maximum absolute atomic E-state index is 13.2. The molecule has 0 spiro atoms. The molecule has 0 bridgehead atoms. The Labute approximate surface area is 199 Å². The van der Waals surface area contributed by atoms with Gasteiger partial charge in [0.05, 0.1) is 19.2 Å². The van der Waals surface area contributed by atoms with E-state index in [0.717, 1.165) is 47.4 Å². The molecule has 0 radical (unpaired) electrons. The number of hydrogen-bond donors (Lipinski definition) is 0. The number of hydrogen-bond acceptors (Lipinski definition) is 5. The Morgan fingerprint density at radius 1 is 0.912 bits per heavy atom. The molecule has 0 N–H and O–H groups in total. The van der Waals surface area contributed by atoms with Gasteiger partial charge in [0.15, 0.2) is 0 Å². The number of imidazole rings is 1. The molecule has 0 aliphatic carbocycles. The zero-order chi connectivity index (χ0) is 23.3. The van der Waals surface area contributed by atoms with Crippen molar-refractivity contribution in [2.24, 2.45) is 0 Å². The summed E-state index contributed by atoms with van der Waals surface area (Å²) >= 11 is 0. The third-order valence-electron chi connectivity index (χ3n) is 6.11. The highest BCUT2D eigenvalue weighted by Gasteiger charge is 2.24. The second-order valence-electron chi connectivity index (χ2n) is 8.21. The minimum Gasteiger partial charge on any atom is -0.497 e. The summed E-state index contributed by atoms with van der Waals surface area (Å²) in [6, 6.07) is 23.7. The van der Waals surface area contributed by atoms with Crippen molar-refractivity contribution in [2.45, 2.75) is 6.42 Å². The van der Waals surface area contributed by atoms with Gasteiger partial charge in [-0.25, -0.2) is 9.97 Å². The summed E-state index contributed by atoms with van der Waals surface area (Å²) in [7, 11) is 1.65. The summed E-state index contributed by atoms with van der Waals surface area (Å²) in [5, 5.41) is 0. The molecule has 7 heteroatoms. The van der Waals surface area contributed by atoms with Gasteiger partial charge in [-0.1, -0.05) is 24.3 Å². The number of nitrogens with zero attached hydrogens (tertiary/aromatic N) is 5. The lowest BCUT2D eigenvalue weighted by molar-refractivity contribution is -0.130. The molecule has 7 nitrogen and oxygen atoms in total. The number of pyridine rings is 1. The van der Waals surface area contributed by atoms with Gasteiger partial charge in [0.2, 0.25) is 5.91 Å². The first-order valence-electron chi connectivity index (χ1n) is 11.4. The number of carbonyl (C=O) groups excluding carboxylic acids is 1. The Kier molecular flexibility index (Phi) is 6.25. The smallest absolute Gasteiger partial charge is 0.230 e. The highest BCUT2D eigenvalue weighted by molar-refractivity contribution is 5.79. The zero-order valence-electron chi connectivity index (χ0n) is 19.2. The predicted octanol–water partition coefficient (Wildman–Crippen LogP) is 3.83. The molecule has 1 aliphatic rings. The minimum absolute atomic E-state index is 0.0877. The van der Waals surface area contributed by atoms with Gasteiger partial charge in [0, 0.05) is 49.8 Å². The van der Waals surface area contributed by atoms with Crippen LogP contribution in [0.2, 0.25) is 0 Å². The van der Waals surface area contributed by atoms with Crippen LogP contribution < -0.4 is 9.64 Å². The highest BCUT2D eigenvalue weighted by Crippen LogP contribution is 2.24. The number of amides is 1. The van der Waals surface area contributed by atoms with Crippen LogP contribution in [-0.2, 0) is 11.2 Å². The van der Waals surface area contributed by atoms with Gasteiger partial charge in [0.1, 0.15) is 17.4 Å². The predicted molar refractivity (Wildman–Crippen MR) is 132 cm³/mol. The van der Waals surface area contributed by atoms with E-state index >= 15 is 0 Å². The second kappa shape index (κ2) is 9.79. The molecule has 2 aromatic heterocycles. The lowest BCUT2D eigenvalue weighted by Crippen LogP contribution is -2.49. The van der Waals surface area contributed by atoms with Gasteiger partial charge in [-0.3, -0.25) is 4.79 Å². The molecular weight excluding hydrogens is 426 g/mol. The van der Waals surface area contributed by atoms with Crippen LogP contribution in [0.25, 0.3) is 16.9 Å². The van der Waals surface area contributed by atoms with E-state index in [2.05, 4.69) is 9.88 Å². The van der Waals surface area contributed by atoms with E-state index in [1.807, 2.05) is 88.5 Å². The molecule has 172 valence electrons. The van der Waals surface area contributed by atoms with Crippen LogP contribution in [0.3, 0.4) is 0 Å². The molecule has 3 heterocycles. The quantitative estimate of drug-likeness (QED) is 0.444. The molecule has 34 heavy (non-hydrogen) atoms. The first kappa shape index (κ1) is 21.7. The average Bonchev–Trinajstić information content (AvgIpc) is 3.33. The Bertz CT molecular complexity index is 1230. The van der Waals surface area contributed by atoms with Crippen molar-refractivity contribution in [2.75, 3.05) is 38.2 Å². The lowest BCUT2D eigenvalue weighted by Gasteiger charge is -2.35. The molecule has 0 saturated carbocycles. The summed E-state index contributed by atoms with van der Waals surface area (Å²) in [6.07, 6.45) is 4.05. The summed E-state index contributed by atoms with van der Waals surface area (Å²) in [6.45, 7) is 2.89. The third kappa shape index (κ3) is 4.64. The van der Waals surface area contributed by atoms with E-state index in [4.69, 9.17) is 9.72 Å². The van der Waals surface area contributed by atoms with Crippen molar-refractivity contribution in [1.82, 2.24) is 19.4 Å². The normalized spacial score (nSPS) is 13.7. The first-order chi connectivity index (χ1) is 16.7. The first-order valence-corrected chi connectivity index (χ1v) is 11.4. The number of rotatable bonds is 6. The van der Waals surface area contributed by atoms with E-state index in [1.54, 1.807) is 13.3 Å². The van der Waals surface area contributed by atoms with Crippen LogP contribution in [0.1, 0.15) is 5.82 Å². The van der Waals surface area contributed by atoms with Crippen molar-refractivity contribution in [3.63, 3.8) is 0 Å². The van der Waals surface area contributed by atoms with Crippen LogP contribution in [0.4, 0.5) is 5.82 Å². The largest absolute Gasteiger partial charge is 0.497 e. The monoisotopic (exact) mass is 453 g/mol. The van der Waals surface area contributed by atoms with Crippen molar-refractivity contribution < 1.29 is 9.53 Å². The summed E-state index contributed by atoms with van der Waals surface area (Å²) < 4.78 is 7.29. The number of piperazine rings is 1. The van der Waals surface area contributed by atoms with Crippen LogP contribution in [0, 0.1) is 0 Å². The molecule has 1 aliphatic heterocycles. The van der Waals surface area contributed by atoms with Gasteiger partial charge < -0.3 is 19.1 Å². The molecule has 1 amide bonds. The number of para-hydroxylation sites is 1. The van der Waals surface area contributed by atoms with E-state index in [1.165, 1.54) is 0 Å². The van der Waals surface area contributed by atoms with Gasteiger partial charge in [-0.15, -0.1) is 0 Å². The Morgan fingerprint density at radius 2 is 1.65 bits per heavy atom. The maximum Gasteiger partial charge on any atom is 0.230 e. The maximum atomic E-state index is 13.2. The summed E-state index contributed by atoms with van der Waals surface area (Å²) in [5.41, 5.74) is 2.79. The Balaban J connectivity index is 1.35. The average molecular weight is 454 g/mol. The SMILES string of the molecule is COc1ccc(-c2cn(-c3ccccc3)c(CC(=O)N3CCN(c4ccccn4)CC3)n2)cc1. The summed E-state index contributed by atoms with van der Waals surface area (Å²) in [4.78, 5) is 26.7. The molecule has 0 unspecified atom stereocenters. The fourth-order valence-corrected chi connectivity index (χ4v) is 4.23. The van der Waals surface area contributed by atoms with Crippen LogP contribution in [0.15, 0.2) is 85.2 Å². The van der Waals surface area contributed by atoms with Gasteiger partial charge in [-0.2, -0.15) is 0 Å². The number of benzene rings is 2. The van der Waals surface area contributed by atoms with Crippen molar-refractivity contribution in [3.05, 3.63) is 91.0 Å². The minimum atomic E-state index is 0.0877. The van der Waals surface area contributed by atoms with Crippen LogP contribution >= 0.6 is 0 Å². The third-order valence-corrected chi connectivity index (χ3v) is 6.11. The van der Waals surface area contributed by atoms with Crippen molar-refractivity contribution >= 4 is 11.7 Å². The molecular formula is C27H27N5O2. The molecule has 1 fully saturated rings. The Hall–Kier alpha value is -4.13.